The Morgan fingerprint density at radius 1 is 1.43 bits per heavy atom. The average Bonchev–Trinajstić information content (AvgIpc) is 3.04. The van der Waals surface area contributed by atoms with Gasteiger partial charge in [0.1, 0.15) is 0 Å². The molecule has 1 saturated carbocycles. The van der Waals surface area contributed by atoms with Crippen molar-refractivity contribution in [3.63, 3.8) is 0 Å². The predicted octanol–water partition coefficient (Wildman–Crippen LogP) is 2.36. The Kier molecular flexibility index (Phi) is 5.66. The number of hydrazine groups is 1. The molecule has 1 unspecified atom stereocenters. The molecular formula is C15H27ClN4O. The highest BCUT2D eigenvalue weighted by molar-refractivity contribution is 6.31. The highest BCUT2D eigenvalue weighted by Crippen LogP contribution is 2.38. The van der Waals surface area contributed by atoms with Crippen molar-refractivity contribution >= 4 is 11.6 Å². The molecule has 1 aromatic heterocycles. The van der Waals surface area contributed by atoms with Crippen LogP contribution >= 0.6 is 11.6 Å². The van der Waals surface area contributed by atoms with E-state index < -0.39 is 0 Å². The number of rotatable bonds is 7. The Balaban J connectivity index is 2.24. The van der Waals surface area contributed by atoms with Crippen LogP contribution in [0.15, 0.2) is 0 Å². The number of nitrogens with zero attached hydrogens (tertiary/aromatic N) is 2. The van der Waals surface area contributed by atoms with Gasteiger partial charge in [0.25, 0.3) is 0 Å². The molecule has 0 aliphatic heterocycles. The first-order valence-electron chi connectivity index (χ1n) is 7.88. The van der Waals surface area contributed by atoms with Crippen molar-refractivity contribution in [2.24, 2.45) is 12.9 Å². The molecule has 1 aliphatic rings. The molecule has 0 bridgehead atoms. The van der Waals surface area contributed by atoms with Crippen LogP contribution in [0.4, 0.5) is 0 Å². The number of hydrogen-bond acceptors (Lipinski definition) is 4. The molecule has 6 heteroatoms. The molecular weight excluding hydrogens is 288 g/mol. The molecule has 0 saturated heterocycles. The maximum Gasteiger partial charge on any atom is 0.0851 e. The number of aryl methyl sites for hydroxylation is 2. The molecule has 21 heavy (non-hydrogen) atoms. The van der Waals surface area contributed by atoms with Gasteiger partial charge in [-0.25, -0.2) is 0 Å². The molecule has 3 N–H and O–H groups in total. The average molecular weight is 315 g/mol. The lowest BCUT2D eigenvalue weighted by Gasteiger charge is -2.37. The molecule has 2 rings (SSSR count). The minimum Gasteiger partial charge on any atom is -0.374 e. The third-order valence-corrected chi connectivity index (χ3v) is 5.05. The van der Waals surface area contributed by atoms with E-state index in [4.69, 9.17) is 22.2 Å². The van der Waals surface area contributed by atoms with Crippen LogP contribution in [-0.2, 0) is 24.6 Å². The first-order chi connectivity index (χ1) is 10.1. The molecule has 1 heterocycles. The fraction of sp³-hybridized carbons (Fsp3) is 0.800. The van der Waals surface area contributed by atoms with E-state index in [1.54, 1.807) is 0 Å². The van der Waals surface area contributed by atoms with Crippen LogP contribution < -0.4 is 11.3 Å². The summed E-state index contributed by atoms with van der Waals surface area (Å²) >= 11 is 6.47. The highest BCUT2D eigenvalue weighted by Gasteiger charge is 2.42. The second kappa shape index (κ2) is 7.09. The quantitative estimate of drug-likeness (QED) is 0.599. The molecule has 1 atom stereocenters. The summed E-state index contributed by atoms with van der Waals surface area (Å²) in [5.41, 5.74) is 4.77. The van der Waals surface area contributed by atoms with E-state index >= 15 is 0 Å². The summed E-state index contributed by atoms with van der Waals surface area (Å²) in [6.45, 7) is 4.81. The highest BCUT2D eigenvalue weighted by atomic mass is 35.5. The van der Waals surface area contributed by atoms with Gasteiger partial charge in [0.2, 0.25) is 0 Å². The van der Waals surface area contributed by atoms with E-state index in [2.05, 4.69) is 17.4 Å². The molecule has 0 spiro atoms. The lowest BCUT2D eigenvalue weighted by molar-refractivity contribution is -0.0616. The number of nitrogens with two attached hydrogens (primary N) is 1. The molecule has 1 aromatic rings. The second-order valence-electron chi connectivity index (χ2n) is 5.81. The van der Waals surface area contributed by atoms with Gasteiger partial charge in [-0.1, -0.05) is 31.4 Å². The van der Waals surface area contributed by atoms with Crippen LogP contribution in [0.25, 0.3) is 0 Å². The Hall–Kier alpha value is -0.620. The Morgan fingerprint density at radius 2 is 2.10 bits per heavy atom. The first kappa shape index (κ1) is 16.7. The lowest BCUT2D eigenvalue weighted by Crippen LogP contribution is -2.55. The van der Waals surface area contributed by atoms with Gasteiger partial charge in [0.05, 0.1) is 28.1 Å². The van der Waals surface area contributed by atoms with Crippen molar-refractivity contribution in [1.82, 2.24) is 15.2 Å². The van der Waals surface area contributed by atoms with E-state index in [1.807, 2.05) is 18.7 Å². The summed E-state index contributed by atoms with van der Waals surface area (Å²) in [6.07, 6.45) is 6.05. The third-order valence-electron chi connectivity index (χ3n) is 4.62. The van der Waals surface area contributed by atoms with Crippen molar-refractivity contribution in [3.8, 4) is 0 Å². The zero-order chi connectivity index (χ0) is 15.5. The Morgan fingerprint density at radius 3 is 2.57 bits per heavy atom. The van der Waals surface area contributed by atoms with Crippen LogP contribution in [0.2, 0.25) is 5.02 Å². The predicted molar refractivity (Wildman–Crippen MR) is 85.2 cm³/mol. The molecule has 0 amide bonds. The van der Waals surface area contributed by atoms with E-state index in [9.17, 15) is 0 Å². The summed E-state index contributed by atoms with van der Waals surface area (Å²) < 4.78 is 7.99. The molecule has 1 fully saturated rings. The van der Waals surface area contributed by atoms with Crippen LogP contribution in [0.3, 0.4) is 0 Å². The van der Waals surface area contributed by atoms with Gasteiger partial charge in [0, 0.05) is 20.1 Å². The number of nitrogens with one attached hydrogen (secondary N) is 1. The van der Waals surface area contributed by atoms with Gasteiger partial charge in [-0.15, -0.1) is 0 Å². The standard InChI is InChI=1S/C15H27ClN4O/c1-4-11-14(16)12(20(3)19-11)10-13(18-17)15(21-5-2)8-6-7-9-15/h13,18H,4-10,17H2,1-3H3. The number of halogens is 1. The van der Waals surface area contributed by atoms with Crippen molar-refractivity contribution in [2.75, 3.05) is 6.61 Å². The van der Waals surface area contributed by atoms with Gasteiger partial charge in [-0.2, -0.15) is 5.10 Å². The molecule has 1 aliphatic carbocycles. The minimum absolute atomic E-state index is 0.0533. The van der Waals surface area contributed by atoms with Gasteiger partial charge in [0.15, 0.2) is 0 Å². The Bertz CT molecular complexity index is 468. The molecule has 0 aromatic carbocycles. The van der Waals surface area contributed by atoms with Crippen LogP contribution in [0, 0.1) is 0 Å². The number of hydrogen-bond donors (Lipinski definition) is 2. The summed E-state index contributed by atoms with van der Waals surface area (Å²) in [7, 11) is 1.94. The van der Waals surface area contributed by atoms with Gasteiger partial charge < -0.3 is 4.74 Å². The van der Waals surface area contributed by atoms with Crippen molar-refractivity contribution in [3.05, 3.63) is 16.4 Å². The maximum atomic E-state index is 6.47. The normalized spacial score (nSPS) is 19.1. The van der Waals surface area contributed by atoms with E-state index in [0.717, 1.165) is 42.1 Å². The zero-order valence-electron chi connectivity index (χ0n) is 13.3. The van der Waals surface area contributed by atoms with Crippen molar-refractivity contribution in [2.45, 2.75) is 64.0 Å². The van der Waals surface area contributed by atoms with Gasteiger partial charge in [-0.3, -0.25) is 16.0 Å². The van der Waals surface area contributed by atoms with Gasteiger partial charge in [-0.05, 0) is 26.2 Å². The number of ether oxygens (including phenoxy) is 1. The zero-order valence-corrected chi connectivity index (χ0v) is 14.0. The van der Waals surface area contributed by atoms with Gasteiger partial charge >= 0.3 is 0 Å². The SMILES string of the molecule is CCOC1(C(Cc2c(Cl)c(CC)nn2C)NN)CCCC1. The van der Waals surface area contributed by atoms with Crippen LogP contribution in [0.5, 0.6) is 0 Å². The van der Waals surface area contributed by atoms with Crippen LogP contribution in [-0.4, -0.2) is 28.0 Å². The maximum absolute atomic E-state index is 6.47. The lowest BCUT2D eigenvalue weighted by atomic mass is 9.89. The summed E-state index contributed by atoms with van der Waals surface area (Å²) in [5, 5.41) is 5.26. The van der Waals surface area contributed by atoms with Crippen molar-refractivity contribution < 1.29 is 4.74 Å². The smallest absolute Gasteiger partial charge is 0.0851 e. The van der Waals surface area contributed by atoms with E-state index in [1.165, 1.54) is 12.8 Å². The third kappa shape index (κ3) is 3.26. The van der Waals surface area contributed by atoms with Crippen molar-refractivity contribution in [1.29, 1.82) is 0 Å². The fourth-order valence-electron chi connectivity index (χ4n) is 3.49. The van der Waals surface area contributed by atoms with Crippen LogP contribution in [0.1, 0.15) is 50.9 Å². The number of aromatic nitrogens is 2. The molecule has 120 valence electrons. The first-order valence-corrected chi connectivity index (χ1v) is 8.26. The second-order valence-corrected chi connectivity index (χ2v) is 6.19. The fourth-order valence-corrected chi connectivity index (χ4v) is 3.86. The molecule has 0 radical (unpaired) electrons. The monoisotopic (exact) mass is 314 g/mol. The van der Waals surface area contributed by atoms with E-state index in [-0.39, 0.29) is 11.6 Å². The molecule has 5 nitrogen and oxygen atoms in total. The Labute approximate surface area is 132 Å². The summed E-state index contributed by atoms with van der Waals surface area (Å²) in [4.78, 5) is 0. The largest absolute Gasteiger partial charge is 0.374 e. The van der Waals surface area contributed by atoms with E-state index in [0.29, 0.717) is 6.61 Å². The summed E-state index contributed by atoms with van der Waals surface area (Å²) in [6, 6.07) is 0.0533. The minimum atomic E-state index is -0.177. The summed E-state index contributed by atoms with van der Waals surface area (Å²) in [5.74, 6) is 5.85. The topological polar surface area (TPSA) is 65.1 Å².